The summed E-state index contributed by atoms with van der Waals surface area (Å²) in [6.07, 6.45) is 4.94. The number of carbonyl (C=O) groups is 4. The lowest BCUT2D eigenvalue weighted by molar-refractivity contribution is -0.123. The molecule has 0 radical (unpaired) electrons. The first-order chi connectivity index (χ1) is 18.7. The third-order valence-electron chi connectivity index (χ3n) is 7.35. The molecule has 3 aliphatic rings. The quantitative estimate of drug-likeness (QED) is 0.274. The minimum Gasteiger partial charge on any atom is -0.359 e. The number of halogens is 3. The van der Waals surface area contributed by atoms with E-state index in [1.807, 2.05) is 6.07 Å². The predicted molar refractivity (Wildman–Crippen MR) is 149 cm³/mol. The molecular formula is C30H19Cl3N2O4. The molecule has 2 fully saturated rings. The van der Waals surface area contributed by atoms with Crippen LogP contribution in [0.25, 0.3) is 0 Å². The van der Waals surface area contributed by atoms with E-state index < -0.39 is 35.7 Å². The first-order valence-corrected chi connectivity index (χ1v) is 13.3. The number of Topliss-reactive ketones (excluding diaryl/α,β-unsaturated/α-hetero) is 2. The van der Waals surface area contributed by atoms with Crippen molar-refractivity contribution >= 4 is 63.9 Å². The van der Waals surface area contributed by atoms with Crippen LogP contribution in [0.15, 0.2) is 96.7 Å². The van der Waals surface area contributed by atoms with Gasteiger partial charge < -0.3 is 4.90 Å². The highest BCUT2D eigenvalue weighted by Crippen LogP contribution is 2.47. The summed E-state index contributed by atoms with van der Waals surface area (Å²) in [5.41, 5.74) is 1.47. The van der Waals surface area contributed by atoms with Gasteiger partial charge in [-0.3, -0.25) is 19.2 Å². The van der Waals surface area contributed by atoms with Crippen LogP contribution in [0.2, 0.25) is 15.1 Å². The van der Waals surface area contributed by atoms with Crippen molar-refractivity contribution in [3.63, 3.8) is 0 Å². The van der Waals surface area contributed by atoms with Gasteiger partial charge in [0.2, 0.25) is 11.8 Å². The number of benzene rings is 3. The van der Waals surface area contributed by atoms with Gasteiger partial charge >= 0.3 is 0 Å². The summed E-state index contributed by atoms with van der Waals surface area (Å²) in [6, 6.07) is 18.0. The lowest BCUT2D eigenvalue weighted by Crippen LogP contribution is -2.46. The second-order valence-electron chi connectivity index (χ2n) is 9.58. The van der Waals surface area contributed by atoms with E-state index in [2.05, 4.69) is 0 Å². The van der Waals surface area contributed by atoms with Gasteiger partial charge in [-0.15, -0.1) is 0 Å². The van der Waals surface area contributed by atoms with Gasteiger partial charge in [-0.1, -0.05) is 71.2 Å². The van der Waals surface area contributed by atoms with Crippen molar-refractivity contribution in [3.05, 3.63) is 123 Å². The number of allylic oxidation sites excluding steroid dienone is 2. The highest BCUT2D eigenvalue weighted by atomic mass is 35.5. The fraction of sp³-hybridized carbons (Fsp3) is 0.133. The zero-order valence-corrected chi connectivity index (χ0v) is 22.4. The van der Waals surface area contributed by atoms with Gasteiger partial charge in [-0.2, -0.15) is 0 Å². The first kappa shape index (κ1) is 25.6. The largest absolute Gasteiger partial charge is 0.359 e. The van der Waals surface area contributed by atoms with Crippen LogP contribution < -0.4 is 4.90 Å². The van der Waals surface area contributed by atoms with Crippen molar-refractivity contribution in [2.24, 2.45) is 11.8 Å². The van der Waals surface area contributed by atoms with Crippen LogP contribution in [-0.4, -0.2) is 40.4 Å². The molecule has 3 aromatic carbocycles. The summed E-state index contributed by atoms with van der Waals surface area (Å²) in [5, 5.41) is 0.998. The van der Waals surface area contributed by atoms with E-state index in [-0.39, 0.29) is 27.3 Å². The Balaban J connectivity index is 1.44. The molecule has 0 aliphatic carbocycles. The SMILES string of the molecule is O=C(C1=C[C@@H]2[C@H]3C(=O)N(c4cc(Cl)cc(Cl)c4)C(=O)[C@H]3[C@@H](C(=O)c3ccc(Cl)cc3)N2C=C1)c1ccccc1. The number of carbonyl (C=O) groups excluding carboxylic acids is 4. The maximum absolute atomic E-state index is 13.9. The van der Waals surface area contributed by atoms with E-state index in [0.29, 0.717) is 21.7 Å². The standard InChI is InChI=1S/C30H19Cl3N2O4/c31-19-8-6-17(7-9-19)28(37)26-25-24(29(38)35(30(25)39)22-14-20(32)13-21(33)15-22)23-12-18(10-11-34(23)26)27(36)16-4-2-1-3-5-16/h1-15,23-26H/t23-,24-,25-,26+/m1/s1. The summed E-state index contributed by atoms with van der Waals surface area (Å²) < 4.78 is 0. The fourth-order valence-corrected chi connectivity index (χ4v) is 6.30. The number of nitrogens with zero attached hydrogens (tertiary/aromatic N) is 2. The molecule has 3 heterocycles. The molecule has 6 rings (SSSR count). The minimum atomic E-state index is -0.990. The highest BCUT2D eigenvalue weighted by molar-refractivity contribution is 6.36. The second-order valence-corrected chi connectivity index (χ2v) is 10.9. The van der Waals surface area contributed by atoms with Gasteiger partial charge in [0.25, 0.3) is 0 Å². The van der Waals surface area contributed by atoms with Gasteiger partial charge in [-0.25, -0.2) is 4.90 Å². The summed E-state index contributed by atoms with van der Waals surface area (Å²) in [7, 11) is 0. The molecule has 0 spiro atoms. The number of hydrogen-bond donors (Lipinski definition) is 0. The molecule has 3 aromatic rings. The number of ketones is 2. The van der Waals surface area contributed by atoms with Crippen molar-refractivity contribution in [2.45, 2.75) is 12.1 Å². The van der Waals surface area contributed by atoms with E-state index in [9.17, 15) is 19.2 Å². The van der Waals surface area contributed by atoms with Crippen LogP contribution in [0.1, 0.15) is 20.7 Å². The van der Waals surface area contributed by atoms with Crippen molar-refractivity contribution < 1.29 is 19.2 Å². The van der Waals surface area contributed by atoms with Gasteiger partial charge in [0.15, 0.2) is 11.6 Å². The maximum Gasteiger partial charge on any atom is 0.240 e. The normalized spacial score (nSPS) is 23.5. The molecule has 0 aromatic heterocycles. The zero-order valence-electron chi connectivity index (χ0n) is 20.1. The average Bonchev–Trinajstić information content (AvgIpc) is 3.39. The van der Waals surface area contributed by atoms with E-state index >= 15 is 0 Å². The zero-order chi connectivity index (χ0) is 27.4. The number of hydrogen-bond acceptors (Lipinski definition) is 5. The van der Waals surface area contributed by atoms with Crippen molar-refractivity contribution in [1.82, 2.24) is 4.90 Å². The molecule has 3 aliphatic heterocycles. The molecule has 2 saturated heterocycles. The third kappa shape index (κ3) is 4.29. The van der Waals surface area contributed by atoms with E-state index in [4.69, 9.17) is 34.8 Å². The highest BCUT2D eigenvalue weighted by Gasteiger charge is 2.63. The Kier molecular flexibility index (Phi) is 6.42. The number of rotatable bonds is 5. The molecule has 39 heavy (non-hydrogen) atoms. The van der Waals surface area contributed by atoms with Crippen LogP contribution in [0.5, 0.6) is 0 Å². The number of imide groups is 1. The Hall–Kier alpha value is -3.71. The van der Waals surface area contributed by atoms with Gasteiger partial charge in [0.1, 0.15) is 6.04 Å². The van der Waals surface area contributed by atoms with Crippen molar-refractivity contribution in [3.8, 4) is 0 Å². The molecule has 0 bridgehead atoms. The number of anilines is 1. The van der Waals surface area contributed by atoms with Crippen LogP contribution >= 0.6 is 34.8 Å². The Morgan fingerprint density at radius 2 is 1.36 bits per heavy atom. The lowest BCUT2D eigenvalue weighted by Gasteiger charge is -2.32. The van der Waals surface area contributed by atoms with Crippen LogP contribution in [0.3, 0.4) is 0 Å². The summed E-state index contributed by atoms with van der Waals surface area (Å²) in [4.78, 5) is 57.7. The van der Waals surface area contributed by atoms with E-state index in [1.165, 1.54) is 18.2 Å². The molecule has 0 saturated carbocycles. The number of amides is 2. The molecular weight excluding hydrogens is 559 g/mol. The molecule has 0 N–H and O–H groups in total. The Morgan fingerprint density at radius 3 is 2.03 bits per heavy atom. The van der Waals surface area contributed by atoms with Crippen LogP contribution in [0, 0.1) is 11.8 Å². The Morgan fingerprint density at radius 1 is 0.718 bits per heavy atom. The lowest BCUT2D eigenvalue weighted by atomic mass is 9.85. The van der Waals surface area contributed by atoms with Gasteiger partial charge in [0, 0.05) is 38.0 Å². The predicted octanol–water partition coefficient (Wildman–Crippen LogP) is 6.02. The smallest absolute Gasteiger partial charge is 0.240 e. The molecule has 0 unspecified atom stereocenters. The molecule has 4 atom stereocenters. The molecule has 9 heteroatoms. The van der Waals surface area contributed by atoms with Crippen LogP contribution in [0.4, 0.5) is 5.69 Å². The third-order valence-corrected chi connectivity index (χ3v) is 8.04. The Bertz CT molecular complexity index is 1580. The minimum absolute atomic E-state index is 0.217. The van der Waals surface area contributed by atoms with E-state index in [1.54, 1.807) is 71.8 Å². The molecule has 194 valence electrons. The van der Waals surface area contributed by atoms with Crippen LogP contribution in [-0.2, 0) is 9.59 Å². The summed E-state index contributed by atoms with van der Waals surface area (Å²) in [6.45, 7) is 0. The number of fused-ring (bicyclic) bond motifs is 3. The summed E-state index contributed by atoms with van der Waals surface area (Å²) in [5.74, 6) is -3.45. The van der Waals surface area contributed by atoms with Crippen molar-refractivity contribution in [2.75, 3.05) is 4.90 Å². The Labute approximate surface area is 239 Å². The fourth-order valence-electron chi connectivity index (χ4n) is 5.66. The molecule has 2 amide bonds. The van der Waals surface area contributed by atoms with Gasteiger partial charge in [0.05, 0.1) is 23.6 Å². The first-order valence-electron chi connectivity index (χ1n) is 12.2. The summed E-state index contributed by atoms with van der Waals surface area (Å²) >= 11 is 18.4. The molecule has 6 nitrogen and oxygen atoms in total. The second kappa shape index (κ2) is 9.79. The average molecular weight is 578 g/mol. The van der Waals surface area contributed by atoms with Crippen molar-refractivity contribution in [1.29, 1.82) is 0 Å². The topological polar surface area (TPSA) is 74.8 Å². The van der Waals surface area contributed by atoms with E-state index in [0.717, 1.165) is 4.90 Å². The van der Waals surface area contributed by atoms with Gasteiger partial charge in [-0.05, 0) is 48.5 Å². The monoisotopic (exact) mass is 576 g/mol. The maximum atomic E-state index is 13.9.